The molecule has 2 rings (SSSR count). The molecule has 1 aromatic carbocycles. The van der Waals surface area contributed by atoms with Crippen LogP contribution >= 0.6 is 0 Å². The Hall–Kier alpha value is -2.38. The van der Waals surface area contributed by atoms with Crippen LogP contribution in [-0.4, -0.2) is 5.11 Å². The SMILES string of the molecule is C=C(C#N)C(O)c1ccc(-c2ccccc2F)o1. The van der Waals surface area contributed by atoms with E-state index in [0.29, 0.717) is 11.3 Å². The van der Waals surface area contributed by atoms with Gasteiger partial charge in [0.2, 0.25) is 0 Å². The molecule has 1 atom stereocenters. The third-order valence-corrected chi connectivity index (χ3v) is 2.51. The molecule has 90 valence electrons. The summed E-state index contributed by atoms with van der Waals surface area (Å²) in [6.07, 6.45) is -1.20. The Labute approximate surface area is 103 Å². The van der Waals surface area contributed by atoms with Gasteiger partial charge in [-0.25, -0.2) is 4.39 Å². The highest BCUT2D eigenvalue weighted by Gasteiger charge is 2.17. The fraction of sp³-hybridized carbons (Fsp3) is 0.0714. The standard InChI is InChI=1S/C14H10FNO2/c1-9(8-16)14(17)13-7-6-12(18-13)10-4-2-3-5-11(10)15/h2-7,14,17H,1H2. The number of hydrogen-bond donors (Lipinski definition) is 1. The third kappa shape index (κ3) is 2.17. The zero-order chi connectivity index (χ0) is 13.1. The Kier molecular flexibility index (Phi) is 3.26. The first-order valence-electron chi connectivity index (χ1n) is 5.25. The Morgan fingerprint density at radius 3 is 2.72 bits per heavy atom. The number of hydrogen-bond acceptors (Lipinski definition) is 3. The van der Waals surface area contributed by atoms with Crippen LogP contribution in [0.1, 0.15) is 11.9 Å². The lowest BCUT2D eigenvalue weighted by atomic mass is 10.1. The summed E-state index contributed by atoms with van der Waals surface area (Å²) >= 11 is 0. The van der Waals surface area contributed by atoms with Gasteiger partial charge >= 0.3 is 0 Å². The lowest BCUT2D eigenvalue weighted by Gasteiger charge is -2.04. The van der Waals surface area contributed by atoms with Crippen molar-refractivity contribution in [2.75, 3.05) is 0 Å². The molecule has 3 nitrogen and oxygen atoms in total. The lowest BCUT2D eigenvalue weighted by molar-refractivity contribution is 0.191. The van der Waals surface area contributed by atoms with Crippen molar-refractivity contribution in [1.82, 2.24) is 0 Å². The van der Waals surface area contributed by atoms with Gasteiger partial charge in [-0.15, -0.1) is 0 Å². The van der Waals surface area contributed by atoms with Gasteiger partial charge in [-0.2, -0.15) is 5.26 Å². The maximum atomic E-state index is 13.5. The second kappa shape index (κ2) is 4.86. The van der Waals surface area contributed by atoms with Crippen molar-refractivity contribution in [3.63, 3.8) is 0 Å². The van der Waals surface area contributed by atoms with Gasteiger partial charge in [0, 0.05) is 0 Å². The molecule has 2 aromatic rings. The summed E-state index contributed by atoms with van der Waals surface area (Å²) < 4.78 is 18.9. The summed E-state index contributed by atoms with van der Waals surface area (Å²) in [5.41, 5.74) is 0.281. The van der Waals surface area contributed by atoms with E-state index >= 15 is 0 Å². The number of aliphatic hydroxyl groups is 1. The van der Waals surface area contributed by atoms with Gasteiger partial charge in [0.05, 0.1) is 17.2 Å². The van der Waals surface area contributed by atoms with E-state index in [9.17, 15) is 9.50 Å². The number of benzene rings is 1. The predicted octanol–water partition coefficient (Wildman–Crippen LogP) is 3.20. The van der Waals surface area contributed by atoms with E-state index in [2.05, 4.69) is 6.58 Å². The molecule has 1 aromatic heterocycles. The van der Waals surface area contributed by atoms with Gasteiger partial charge in [-0.1, -0.05) is 18.7 Å². The maximum absolute atomic E-state index is 13.5. The van der Waals surface area contributed by atoms with E-state index in [1.54, 1.807) is 30.3 Å². The van der Waals surface area contributed by atoms with Crippen LogP contribution in [-0.2, 0) is 0 Å². The van der Waals surface area contributed by atoms with E-state index in [1.807, 2.05) is 0 Å². The van der Waals surface area contributed by atoms with Crippen LogP contribution in [0, 0.1) is 17.1 Å². The highest BCUT2D eigenvalue weighted by atomic mass is 19.1. The van der Waals surface area contributed by atoms with Crippen molar-refractivity contribution in [3.8, 4) is 17.4 Å². The van der Waals surface area contributed by atoms with Crippen molar-refractivity contribution in [3.05, 3.63) is 60.1 Å². The zero-order valence-corrected chi connectivity index (χ0v) is 9.43. The quantitative estimate of drug-likeness (QED) is 0.842. The third-order valence-electron chi connectivity index (χ3n) is 2.51. The molecule has 1 N–H and O–H groups in total. The molecule has 0 saturated heterocycles. The zero-order valence-electron chi connectivity index (χ0n) is 9.43. The van der Waals surface area contributed by atoms with Crippen LogP contribution in [0.4, 0.5) is 4.39 Å². The second-order valence-electron chi connectivity index (χ2n) is 3.72. The van der Waals surface area contributed by atoms with E-state index in [1.165, 1.54) is 12.1 Å². The molecule has 0 aliphatic rings. The predicted molar refractivity (Wildman–Crippen MR) is 63.8 cm³/mol. The molecule has 1 heterocycles. The number of rotatable bonds is 3. The number of furan rings is 1. The minimum Gasteiger partial charge on any atom is -0.458 e. The topological polar surface area (TPSA) is 57.2 Å². The average Bonchev–Trinajstić information content (AvgIpc) is 2.87. The molecule has 0 bridgehead atoms. The molecule has 0 radical (unpaired) electrons. The summed E-state index contributed by atoms with van der Waals surface area (Å²) in [7, 11) is 0. The maximum Gasteiger partial charge on any atom is 0.146 e. The van der Waals surface area contributed by atoms with E-state index < -0.39 is 11.9 Å². The van der Waals surface area contributed by atoms with Crippen LogP contribution < -0.4 is 0 Å². The Morgan fingerprint density at radius 2 is 2.06 bits per heavy atom. The molecule has 4 heteroatoms. The lowest BCUT2D eigenvalue weighted by Crippen LogP contribution is -1.96. The van der Waals surface area contributed by atoms with Crippen LogP contribution in [0.2, 0.25) is 0 Å². The molecule has 0 fully saturated rings. The monoisotopic (exact) mass is 243 g/mol. The molecular formula is C14H10FNO2. The minimum absolute atomic E-state index is 0.0237. The number of nitriles is 1. The Bertz CT molecular complexity index is 625. The highest BCUT2D eigenvalue weighted by molar-refractivity contribution is 5.58. The smallest absolute Gasteiger partial charge is 0.146 e. The summed E-state index contributed by atoms with van der Waals surface area (Å²) in [5.74, 6) is 0.0553. The minimum atomic E-state index is -1.20. The summed E-state index contributed by atoms with van der Waals surface area (Å²) in [6, 6.07) is 10.9. The fourth-order valence-electron chi connectivity index (χ4n) is 1.54. The highest BCUT2D eigenvalue weighted by Crippen LogP contribution is 2.29. The van der Waals surface area contributed by atoms with Gasteiger partial charge in [0.1, 0.15) is 23.4 Å². The first-order chi connectivity index (χ1) is 8.63. The second-order valence-corrected chi connectivity index (χ2v) is 3.72. The fourth-order valence-corrected chi connectivity index (χ4v) is 1.54. The summed E-state index contributed by atoms with van der Waals surface area (Å²) in [5, 5.41) is 18.3. The number of halogens is 1. The molecular weight excluding hydrogens is 233 g/mol. The molecule has 0 saturated carbocycles. The van der Waals surface area contributed by atoms with Crippen LogP contribution in [0.15, 0.2) is 53.0 Å². The van der Waals surface area contributed by atoms with Crippen molar-refractivity contribution < 1.29 is 13.9 Å². The van der Waals surface area contributed by atoms with Crippen molar-refractivity contribution in [2.24, 2.45) is 0 Å². The van der Waals surface area contributed by atoms with Gasteiger partial charge in [-0.05, 0) is 24.3 Å². The largest absolute Gasteiger partial charge is 0.458 e. The normalized spacial score (nSPS) is 11.8. The molecule has 1 unspecified atom stereocenters. The van der Waals surface area contributed by atoms with Gasteiger partial charge in [0.15, 0.2) is 0 Å². The molecule has 0 amide bonds. The molecule has 0 aliphatic heterocycles. The van der Waals surface area contributed by atoms with Gasteiger partial charge in [-0.3, -0.25) is 0 Å². The molecule has 18 heavy (non-hydrogen) atoms. The number of aliphatic hydroxyl groups excluding tert-OH is 1. The van der Waals surface area contributed by atoms with E-state index in [-0.39, 0.29) is 11.3 Å². The van der Waals surface area contributed by atoms with Gasteiger partial charge in [0.25, 0.3) is 0 Å². The summed E-state index contributed by atoms with van der Waals surface area (Å²) in [6.45, 7) is 3.40. The van der Waals surface area contributed by atoms with Crippen LogP contribution in [0.3, 0.4) is 0 Å². The Balaban J connectivity index is 2.35. The molecule has 0 aliphatic carbocycles. The first-order valence-corrected chi connectivity index (χ1v) is 5.25. The summed E-state index contributed by atoms with van der Waals surface area (Å²) in [4.78, 5) is 0. The van der Waals surface area contributed by atoms with Crippen molar-refractivity contribution >= 4 is 0 Å². The van der Waals surface area contributed by atoms with Crippen LogP contribution in [0.25, 0.3) is 11.3 Å². The van der Waals surface area contributed by atoms with Crippen LogP contribution in [0.5, 0.6) is 0 Å². The molecule has 0 spiro atoms. The van der Waals surface area contributed by atoms with Crippen molar-refractivity contribution in [2.45, 2.75) is 6.10 Å². The average molecular weight is 243 g/mol. The van der Waals surface area contributed by atoms with Crippen molar-refractivity contribution in [1.29, 1.82) is 5.26 Å². The Morgan fingerprint density at radius 1 is 1.33 bits per heavy atom. The van der Waals surface area contributed by atoms with E-state index in [4.69, 9.17) is 9.68 Å². The van der Waals surface area contributed by atoms with Gasteiger partial charge < -0.3 is 9.52 Å². The van der Waals surface area contributed by atoms with E-state index in [0.717, 1.165) is 0 Å². The number of nitrogens with zero attached hydrogens (tertiary/aromatic N) is 1. The first kappa shape index (κ1) is 12.1.